The quantitative estimate of drug-likeness (QED) is 0.774. The van der Waals surface area contributed by atoms with Crippen LogP contribution in [0.25, 0.3) is 0 Å². The van der Waals surface area contributed by atoms with Crippen molar-refractivity contribution < 1.29 is 0 Å². The molecule has 1 heterocycles. The number of nitrogens with zero attached hydrogens (tertiary/aromatic N) is 1. The SMILES string of the molecule is CCCNC(CCN1CCC(CC)C1)c1ccccc1. The van der Waals surface area contributed by atoms with Crippen LogP contribution in [0.4, 0.5) is 0 Å². The molecule has 1 aromatic rings. The van der Waals surface area contributed by atoms with Gasteiger partial charge in [0.25, 0.3) is 0 Å². The van der Waals surface area contributed by atoms with Crippen molar-refractivity contribution in [2.75, 3.05) is 26.2 Å². The molecule has 2 nitrogen and oxygen atoms in total. The van der Waals surface area contributed by atoms with E-state index in [-0.39, 0.29) is 0 Å². The fourth-order valence-corrected chi connectivity index (χ4v) is 3.15. The number of rotatable bonds is 8. The van der Waals surface area contributed by atoms with Gasteiger partial charge in [-0.25, -0.2) is 0 Å². The van der Waals surface area contributed by atoms with Crippen molar-refractivity contribution in [2.45, 2.75) is 45.6 Å². The molecule has 2 rings (SSSR count). The molecule has 1 fully saturated rings. The zero-order valence-electron chi connectivity index (χ0n) is 13.1. The molecule has 1 aromatic carbocycles. The summed E-state index contributed by atoms with van der Waals surface area (Å²) in [5.74, 6) is 0.939. The van der Waals surface area contributed by atoms with Gasteiger partial charge in [0.15, 0.2) is 0 Å². The van der Waals surface area contributed by atoms with E-state index in [0.717, 1.165) is 12.5 Å². The highest BCUT2D eigenvalue weighted by molar-refractivity contribution is 5.18. The van der Waals surface area contributed by atoms with Crippen molar-refractivity contribution in [2.24, 2.45) is 5.92 Å². The molecule has 2 unspecified atom stereocenters. The molecule has 0 aliphatic carbocycles. The molecule has 0 aromatic heterocycles. The third-order valence-electron chi connectivity index (χ3n) is 4.52. The topological polar surface area (TPSA) is 15.3 Å². The van der Waals surface area contributed by atoms with Gasteiger partial charge in [0.1, 0.15) is 0 Å². The van der Waals surface area contributed by atoms with Gasteiger partial charge in [-0.2, -0.15) is 0 Å². The summed E-state index contributed by atoms with van der Waals surface area (Å²) in [6.07, 6.45) is 5.16. The highest BCUT2D eigenvalue weighted by Crippen LogP contribution is 2.22. The minimum Gasteiger partial charge on any atom is -0.310 e. The molecule has 1 aliphatic heterocycles. The van der Waals surface area contributed by atoms with Crippen LogP contribution in [-0.2, 0) is 0 Å². The predicted octanol–water partition coefficient (Wildman–Crippen LogP) is 3.85. The molecular weight excluding hydrogens is 244 g/mol. The standard InChI is InChI=1S/C18H30N2/c1-3-12-19-18(17-8-6-5-7-9-17)11-14-20-13-10-16(4-2)15-20/h5-9,16,18-19H,3-4,10-15H2,1-2H3. The van der Waals surface area contributed by atoms with E-state index in [1.807, 2.05) is 0 Å². The largest absolute Gasteiger partial charge is 0.310 e. The maximum atomic E-state index is 3.71. The normalized spacial score (nSPS) is 21.2. The average Bonchev–Trinajstić information content (AvgIpc) is 2.96. The van der Waals surface area contributed by atoms with Gasteiger partial charge < -0.3 is 10.2 Å². The first-order valence-corrected chi connectivity index (χ1v) is 8.34. The van der Waals surface area contributed by atoms with Crippen molar-refractivity contribution in [3.8, 4) is 0 Å². The number of likely N-dealkylation sites (tertiary alicyclic amines) is 1. The summed E-state index contributed by atoms with van der Waals surface area (Å²) in [6, 6.07) is 11.4. The zero-order valence-corrected chi connectivity index (χ0v) is 13.1. The van der Waals surface area contributed by atoms with Crippen molar-refractivity contribution in [1.82, 2.24) is 10.2 Å². The smallest absolute Gasteiger partial charge is 0.0332 e. The summed E-state index contributed by atoms with van der Waals surface area (Å²) >= 11 is 0. The molecule has 0 spiro atoms. The number of benzene rings is 1. The van der Waals surface area contributed by atoms with E-state index in [0.29, 0.717) is 6.04 Å². The summed E-state index contributed by atoms with van der Waals surface area (Å²) in [5.41, 5.74) is 1.44. The van der Waals surface area contributed by atoms with E-state index in [2.05, 4.69) is 54.4 Å². The molecule has 1 saturated heterocycles. The van der Waals surface area contributed by atoms with Gasteiger partial charge in [-0.1, -0.05) is 50.6 Å². The van der Waals surface area contributed by atoms with Crippen LogP contribution in [0.15, 0.2) is 30.3 Å². The van der Waals surface area contributed by atoms with Crippen LogP contribution in [0.2, 0.25) is 0 Å². The molecule has 1 N–H and O–H groups in total. The molecule has 0 radical (unpaired) electrons. The van der Waals surface area contributed by atoms with Crippen LogP contribution < -0.4 is 5.32 Å². The van der Waals surface area contributed by atoms with Crippen LogP contribution in [0, 0.1) is 5.92 Å². The van der Waals surface area contributed by atoms with Crippen molar-refractivity contribution in [1.29, 1.82) is 0 Å². The Balaban J connectivity index is 1.85. The number of hydrogen-bond donors (Lipinski definition) is 1. The van der Waals surface area contributed by atoms with Gasteiger partial charge in [0.2, 0.25) is 0 Å². The van der Waals surface area contributed by atoms with Crippen LogP contribution in [0.5, 0.6) is 0 Å². The van der Waals surface area contributed by atoms with E-state index < -0.39 is 0 Å². The average molecular weight is 274 g/mol. The molecule has 0 amide bonds. The van der Waals surface area contributed by atoms with E-state index >= 15 is 0 Å². The first-order valence-electron chi connectivity index (χ1n) is 8.34. The summed E-state index contributed by atoms with van der Waals surface area (Å²) in [6.45, 7) is 9.51. The van der Waals surface area contributed by atoms with Gasteiger partial charge in [0, 0.05) is 12.6 Å². The molecule has 0 bridgehead atoms. The third-order valence-corrected chi connectivity index (χ3v) is 4.52. The monoisotopic (exact) mass is 274 g/mol. The van der Waals surface area contributed by atoms with Crippen molar-refractivity contribution in [3.63, 3.8) is 0 Å². The summed E-state index contributed by atoms with van der Waals surface area (Å²) in [7, 11) is 0. The van der Waals surface area contributed by atoms with E-state index in [9.17, 15) is 0 Å². The van der Waals surface area contributed by atoms with Crippen LogP contribution in [0.1, 0.15) is 51.1 Å². The Bertz CT molecular complexity index is 363. The molecule has 0 saturated carbocycles. The van der Waals surface area contributed by atoms with E-state index in [1.54, 1.807) is 0 Å². The maximum Gasteiger partial charge on any atom is 0.0332 e. The molecule has 1 aliphatic rings. The van der Waals surface area contributed by atoms with Gasteiger partial charge >= 0.3 is 0 Å². The summed E-state index contributed by atoms with van der Waals surface area (Å²) in [5, 5.41) is 3.71. The van der Waals surface area contributed by atoms with E-state index in [4.69, 9.17) is 0 Å². The second kappa shape index (κ2) is 8.43. The Hall–Kier alpha value is -0.860. The lowest BCUT2D eigenvalue weighted by molar-refractivity contribution is 0.298. The Morgan fingerprint density at radius 3 is 2.70 bits per heavy atom. The second-order valence-electron chi connectivity index (χ2n) is 6.07. The van der Waals surface area contributed by atoms with Crippen LogP contribution >= 0.6 is 0 Å². The molecule has 2 heteroatoms. The minimum absolute atomic E-state index is 0.511. The van der Waals surface area contributed by atoms with Gasteiger partial charge in [-0.05, 0) is 50.4 Å². The summed E-state index contributed by atoms with van der Waals surface area (Å²) in [4.78, 5) is 2.65. The highest BCUT2D eigenvalue weighted by Gasteiger charge is 2.21. The Morgan fingerprint density at radius 1 is 1.25 bits per heavy atom. The molecule has 112 valence electrons. The predicted molar refractivity (Wildman–Crippen MR) is 86.9 cm³/mol. The first-order chi connectivity index (χ1) is 9.83. The first kappa shape index (κ1) is 15.5. The van der Waals surface area contributed by atoms with Crippen molar-refractivity contribution in [3.05, 3.63) is 35.9 Å². The highest BCUT2D eigenvalue weighted by atomic mass is 15.1. The second-order valence-corrected chi connectivity index (χ2v) is 6.07. The Kier molecular flexibility index (Phi) is 6.55. The number of hydrogen-bond acceptors (Lipinski definition) is 2. The van der Waals surface area contributed by atoms with Crippen molar-refractivity contribution >= 4 is 0 Å². The lowest BCUT2D eigenvalue weighted by atomic mass is 10.0. The maximum absolute atomic E-state index is 3.71. The fraction of sp³-hybridized carbons (Fsp3) is 0.667. The molecule has 20 heavy (non-hydrogen) atoms. The van der Waals surface area contributed by atoms with Crippen LogP contribution in [0.3, 0.4) is 0 Å². The minimum atomic E-state index is 0.511. The molecular formula is C18H30N2. The fourth-order valence-electron chi connectivity index (χ4n) is 3.15. The number of nitrogens with one attached hydrogen (secondary N) is 1. The lowest BCUT2D eigenvalue weighted by Crippen LogP contribution is -2.28. The van der Waals surface area contributed by atoms with Gasteiger partial charge in [-0.15, -0.1) is 0 Å². The molecule has 2 atom stereocenters. The Morgan fingerprint density at radius 2 is 2.05 bits per heavy atom. The van der Waals surface area contributed by atoms with Crippen LogP contribution in [-0.4, -0.2) is 31.1 Å². The summed E-state index contributed by atoms with van der Waals surface area (Å²) < 4.78 is 0. The van der Waals surface area contributed by atoms with Gasteiger partial charge in [-0.3, -0.25) is 0 Å². The van der Waals surface area contributed by atoms with E-state index in [1.165, 1.54) is 50.9 Å². The lowest BCUT2D eigenvalue weighted by Gasteiger charge is -2.23. The Labute approximate surface area is 124 Å². The third kappa shape index (κ3) is 4.60. The van der Waals surface area contributed by atoms with Gasteiger partial charge in [0.05, 0.1) is 0 Å². The zero-order chi connectivity index (χ0) is 14.2.